The molecule has 0 spiro atoms. The van der Waals surface area contributed by atoms with Gasteiger partial charge < -0.3 is 4.57 Å². The van der Waals surface area contributed by atoms with Gasteiger partial charge in [-0.05, 0) is 49.2 Å². The van der Waals surface area contributed by atoms with E-state index in [2.05, 4.69) is 9.97 Å². The van der Waals surface area contributed by atoms with E-state index in [-0.39, 0.29) is 11.2 Å². The van der Waals surface area contributed by atoms with Gasteiger partial charge in [0.25, 0.3) is 0 Å². The molecule has 0 N–H and O–H groups in total. The lowest BCUT2D eigenvalue weighted by Gasteiger charge is -2.12. The Kier molecular flexibility index (Phi) is 3.64. The molecule has 108 valence electrons. The minimum atomic E-state index is -0.277. The van der Waals surface area contributed by atoms with Crippen LogP contribution in [-0.4, -0.2) is 14.5 Å². The number of halogens is 2. The Morgan fingerprint density at radius 3 is 2.86 bits per heavy atom. The fourth-order valence-electron chi connectivity index (χ4n) is 2.42. The number of rotatable bonds is 3. The van der Waals surface area contributed by atoms with Gasteiger partial charge in [-0.1, -0.05) is 0 Å². The van der Waals surface area contributed by atoms with Crippen LogP contribution >= 0.6 is 11.6 Å². The zero-order valence-electron chi connectivity index (χ0n) is 11.8. The van der Waals surface area contributed by atoms with E-state index >= 15 is 0 Å². The summed E-state index contributed by atoms with van der Waals surface area (Å²) in [6.45, 7) is 4.47. The molecule has 0 amide bonds. The molecule has 2 heterocycles. The molecule has 3 aromatic rings. The van der Waals surface area contributed by atoms with E-state index in [1.165, 1.54) is 12.1 Å². The van der Waals surface area contributed by atoms with Crippen molar-refractivity contribution in [3.8, 4) is 0 Å². The molecule has 0 radical (unpaired) electrons. The summed E-state index contributed by atoms with van der Waals surface area (Å²) < 4.78 is 15.5. The number of alkyl halides is 1. The number of nitrogens with zero attached hydrogens (tertiary/aromatic N) is 3. The van der Waals surface area contributed by atoms with Crippen molar-refractivity contribution in [2.45, 2.75) is 25.8 Å². The first-order valence-corrected chi connectivity index (χ1v) is 7.19. The molecule has 0 aliphatic heterocycles. The molecular formula is C16H15ClFN3. The predicted octanol–water partition coefficient (Wildman–Crippen LogP) is 4.23. The summed E-state index contributed by atoms with van der Waals surface area (Å²) in [6, 6.07) is 6.55. The molecule has 1 aromatic carbocycles. The monoisotopic (exact) mass is 303 g/mol. The van der Waals surface area contributed by atoms with Gasteiger partial charge >= 0.3 is 0 Å². The highest BCUT2D eigenvalue weighted by molar-refractivity contribution is 6.20. The molecule has 0 saturated carbocycles. The Labute approximate surface area is 127 Å². The Bertz CT molecular complexity index is 795. The number of hydrogen-bond acceptors (Lipinski definition) is 2. The Hall–Kier alpha value is -1.94. The van der Waals surface area contributed by atoms with Crippen molar-refractivity contribution in [3.05, 3.63) is 59.4 Å². The second-order valence-electron chi connectivity index (χ2n) is 5.11. The van der Waals surface area contributed by atoms with Crippen LogP contribution in [0.1, 0.15) is 29.3 Å². The number of hydrogen-bond donors (Lipinski definition) is 0. The van der Waals surface area contributed by atoms with Gasteiger partial charge in [-0.15, -0.1) is 11.6 Å². The standard InChI is InChI=1S/C16H15ClFN3/c1-10-5-6-19-8-12(10)9-21-15-7-13(18)3-4-14(15)20-16(21)11(2)17/h3-8,11H,9H2,1-2H3. The fraction of sp³-hybridized carbons (Fsp3) is 0.250. The largest absolute Gasteiger partial charge is 0.322 e. The van der Waals surface area contributed by atoms with Crippen LogP contribution in [-0.2, 0) is 6.54 Å². The Balaban J connectivity index is 2.17. The van der Waals surface area contributed by atoms with E-state index in [9.17, 15) is 4.39 Å². The van der Waals surface area contributed by atoms with Crippen LogP contribution in [0.3, 0.4) is 0 Å². The number of benzene rings is 1. The van der Waals surface area contributed by atoms with E-state index < -0.39 is 0 Å². The van der Waals surface area contributed by atoms with E-state index in [0.29, 0.717) is 6.54 Å². The molecule has 3 rings (SSSR count). The summed E-state index contributed by atoms with van der Waals surface area (Å²) in [7, 11) is 0. The minimum absolute atomic E-state index is 0.252. The maximum atomic E-state index is 13.6. The zero-order chi connectivity index (χ0) is 15.0. The molecule has 3 nitrogen and oxygen atoms in total. The quantitative estimate of drug-likeness (QED) is 0.678. The normalized spacial score (nSPS) is 12.8. The highest BCUT2D eigenvalue weighted by Crippen LogP contribution is 2.26. The van der Waals surface area contributed by atoms with Crippen LogP contribution in [0.25, 0.3) is 11.0 Å². The van der Waals surface area contributed by atoms with E-state index in [4.69, 9.17) is 11.6 Å². The van der Waals surface area contributed by atoms with Gasteiger partial charge in [0.15, 0.2) is 0 Å². The van der Waals surface area contributed by atoms with Crippen LogP contribution in [0.2, 0.25) is 0 Å². The topological polar surface area (TPSA) is 30.7 Å². The average Bonchev–Trinajstić information content (AvgIpc) is 2.80. The lowest BCUT2D eigenvalue weighted by Crippen LogP contribution is -2.07. The van der Waals surface area contributed by atoms with Crippen molar-refractivity contribution in [3.63, 3.8) is 0 Å². The SMILES string of the molecule is Cc1ccncc1Cn1c(C(C)Cl)nc2ccc(F)cc21. The van der Waals surface area contributed by atoms with Crippen LogP contribution in [0.15, 0.2) is 36.7 Å². The highest BCUT2D eigenvalue weighted by atomic mass is 35.5. The van der Waals surface area contributed by atoms with Crippen LogP contribution < -0.4 is 0 Å². The molecule has 0 fully saturated rings. The van der Waals surface area contributed by atoms with Crippen molar-refractivity contribution in [2.75, 3.05) is 0 Å². The van der Waals surface area contributed by atoms with Crippen molar-refractivity contribution in [1.82, 2.24) is 14.5 Å². The van der Waals surface area contributed by atoms with E-state index in [1.54, 1.807) is 12.3 Å². The smallest absolute Gasteiger partial charge is 0.128 e. The van der Waals surface area contributed by atoms with Gasteiger partial charge in [0.2, 0.25) is 0 Å². The highest BCUT2D eigenvalue weighted by Gasteiger charge is 2.16. The molecule has 5 heteroatoms. The van der Waals surface area contributed by atoms with Crippen molar-refractivity contribution < 1.29 is 4.39 Å². The first-order valence-electron chi connectivity index (χ1n) is 6.75. The van der Waals surface area contributed by atoms with Crippen LogP contribution in [0, 0.1) is 12.7 Å². The van der Waals surface area contributed by atoms with Crippen molar-refractivity contribution in [2.24, 2.45) is 0 Å². The molecule has 0 aliphatic carbocycles. The minimum Gasteiger partial charge on any atom is -0.322 e. The van der Waals surface area contributed by atoms with Gasteiger partial charge in [0.1, 0.15) is 11.6 Å². The molecule has 1 atom stereocenters. The maximum absolute atomic E-state index is 13.6. The third-order valence-electron chi connectivity index (χ3n) is 3.57. The predicted molar refractivity (Wildman–Crippen MR) is 82.0 cm³/mol. The third kappa shape index (κ3) is 2.63. The molecule has 0 bridgehead atoms. The zero-order valence-corrected chi connectivity index (χ0v) is 12.6. The summed E-state index contributed by atoms with van der Waals surface area (Å²) in [6.07, 6.45) is 3.58. The van der Waals surface area contributed by atoms with Crippen LogP contribution in [0.5, 0.6) is 0 Å². The fourth-order valence-corrected chi connectivity index (χ4v) is 2.58. The first kappa shape index (κ1) is 14.0. The van der Waals surface area contributed by atoms with Crippen molar-refractivity contribution in [1.29, 1.82) is 0 Å². The number of aryl methyl sites for hydroxylation is 1. The second-order valence-corrected chi connectivity index (χ2v) is 5.76. The summed E-state index contributed by atoms with van der Waals surface area (Å²) in [5.41, 5.74) is 3.71. The van der Waals surface area contributed by atoms with Gasteiger partial charge in [0.05, 0.1) is 23.0 Å². The third-order valence-corrected chi connectivity index (χ3v) is 3.77. The number of pyridine rings is 1. The molecule has 1 unspecified atom stereocenters. The van der Waals surface area contributed by atoms with E-state index in [1.807, 2.05) is 30.7 Å². The number of aromatic nitrogens is 3. The Morgan fingerprint density at radius 1 is 1.33 bits per heavy atom. The van der Waals surface area contributed by atoms with Gasteiger partial charge in [-0.2, -0.15) is 0 Å². The van der Waals surface area contributed by atoms with Gasteiger partial charge in [-0.25, -0.2) is 9.37 Å². The number of imidazole rings is 1. The summed E-state index contributed by atoms with van der Waals surface area (Å²) in [5, 5.41) is -0.252. The van der Waals surface area contributed by atoms with Crippen LogP contribution in [0.4, 0.5) is 4.39 Å². The molecule has 2 aromatic heterocycles. The molecule has 0 aliphatic rings. The number of fused-ring (bicyclic) bond motifs is 1. The lowest BCUT2D eigenvalue weighted by molar-refractivity contribution is 0.628. The Morgan fingerprint density at radius 2 is 2.14 bits per heavy atom. The summed E-state index contributed by atoms with van der Waals surface area (Å²) >= 11 is 6.23. The maximum Gasteiger partial charge on any atom is 0.128 e. The molecule has 0 saturated heterocycles. The van der Waals surface area contributed by atoms with E-state index in [0.717, 1.165) is 28.0 Å². The van der Waals surface area contributed by atoms with Gasteiger partial charge in [0, 0.05) is 12.4 Å². The lowest BCUT2D eigenvalue weighted by atomic mass is 10.1. The van der Waals surface area contributed by atoms with Crippen molar-refractivity contribution >= 4 is 22.6 Å². The summed E-state index contributed by atoms with van der Waals surface area (Å²) in [4.78, 5) is 8.68. The molecular weight excluding hydrogens is 289 g/mol. The summed E-state index contributed by atoms with van der Waals surface area (Å²) in [5.74, 6) is 0.459. The second kappa shape index (κ2) is 5.45. The first-order chi connectivity index (χ1) is 10.1. The molecule has 21 heavy (non-hydrogen) atoms. The average molecular weight is 304 g/mol. The van der Waals surface area contributed by atoms with Gasteiger partial charge in [-0.3, -0.25) is 4.98 Å².